The minimum atomic E-state index is -6.00. The van der Waals surface area contributed by atoms with Crippen LogP contribution in [0.25, 0.3) is 0 Å². The quantitative estimate of drug-likeness (QED) is 0.379. The predicted octanol–water partition coefficient (Wildman–Crippen LogP) is 3.33. The molecule has 1 aliphatic rings. The molecule has 0 aromatic heterocycles. The highest BCUT2D eigenvalue weighted by atomic mass is 127. The van der Waals surface area contributed by atoms with Gasteiger partial charge in [-0.1, -0.05) is 49.8 Å². The zero-order chi connectivity index (χ0) is 17.3. The Balaban J connectivity index is 0.000000463. The molecule has 0 bridgehead atoms. The molecule has 1 saturated carbocycles. The van der Waals surface area contributed by atoms with E-state index in [1.165, 1.54) is 41.2 Å². The SMILES string of the molecule is Cc1ccc([I+]/C=C(/F)CC2CCCCC2)cc1.F[B-](F)(F)F. The first-order chi connectivity index (χ1) is 10.7. The van der Waals surface area contributed by atoms with Gasteiger partial charge in [-0.3, -0.25) is 0 Å². The van der Waals surface area contributed by atoms with Gasteiger partial charge in [-0.2, -0.15) is 0 Å². The number of allylic oxidation sites excluding steroid dienone is 1. The minimum absolute atomic E-state index is 0.135. The van der Waals surface area contributed by atoms with Crippen LogP contribution in [0.4, 0.5) is 21.7 Å². The van der Waals surface area contributed by atoms with Gasteiger partial charge in [0.1, 0.15) is 5.83 Å². The molecular weight excluding hydrogens is 425 g/mol. The Morgan fingerprint density at radius 1 is 1.09 bits per heavy atom. The molecule has 1 aliphatic carbocycles. The molecule has 0 saturated heterocycles. The second-order valence-electron chi connectivity index (χ2n) is 5.66. The van der Waals surface area contributed by atoms with Gasteiger partial charge < -0.3 is 17.3 Å². The van der Waals surface area contributed by atoms with Gasteiger partial charge in [0.05, 0.1) is 0 Å². The van der Waals surface area contributed by atoms with E-state index in [1.54, 1.807) is 0 Å². The van der Waals surface area contributed by atoms with Crippen LogP contribution < -0.4 is 21.2 Å². The van der Waals surface area contributed by atoms with E-state index in [2.05, 4.69) is 31.2 Å². The van der Waals surface area contributed by atoms with Crippen LogP contribution in [0, 0.1) is 16.4 Å². The van der Waals surface area contributed by atoms with Crippen LogP contribution in [0.1, 0.15) is 44.1 Å². The lowest BCUT2D eigenvalue weighted by Gasteiger charge is -2.19. The van der Waals surface area contributed by atoms with Gasteiger partial charge in [0, 0.05) is 6.42 Å². The Labute approximate surface area is 144 Å². The van der Waals surface area contributed by atoms with E-state index in [0.29, 0.717) is 12.3 Å². The molecule has 1 aromatic rings. The van der Waals surface area contributed by atoms with E-state index in [4.69, 9.17) is 0 Å². The molecule has 0 N–H and O–H groups in total. The van der Waals surface area contributed by atoms with Crippen molar-refractivity contribution in [1.82, 2.24) is 0 Å². The molecule has 0 spiro atoms. The largest absolute Gasteiger partial charge is 0.673 e. The van der Waals surface area contributed by atoms with Gasteiger partial charge >= 0.3 is 28.5 Å². The molecule has 0 unspecified atom stereocenters. The molecular formula is C16H21BF5I. The Hall–Kier alpha value is -0.595. The van der Waals surface area contributed by atoms with Crippen molar-refractivity contribution in [3.63, 3.8) is 0 Å². The smallest absolute Gasteiger partial charge is 0.418 e. The van der Waals surface area contributed by atoms with Gasteiger partial charge in [0.25, 0.3) is 0 Å². The molecule has 0 aliphatic heterocycles. The first-order valence-corrected chi connectivity index (χ1v) is 9.98. The van der Waals surface area contributed by atoms with Crippen molar-refractivity contribution < 1.29 is 42.9 Å². The van der Waals surface area contributed by atoms with Crippen LogP contribution >= 0.6 is 0 Å². The monoisotopic (exact) mass is 446 g/mol. The maximum absolute atomic E-state index is 13.8. The molecule has 7 heteroatoms. The third-order valence-corrected chi connectivity index (χ3v) is 5.94. The fraction of sp³-hybridized carbons (Fsp3) is 0.500. The van der Waals surface area contributed by atoms with Crippen LogP contribution in [0.5, 0.6) is 0 Å². The highest BCUT2D eigenvalue weighted by Gasteiger charge is 2.20. The summed E-state index contributed by atoms with van der Waals surface area (Å²) in [7, 11) is -6.00. The van der Waals surface area contributed by atoms with Crippen molar-refractivity contribution in [2.45, 2.75) is 45.4 Å². The summed E-state index contributed by atoms with van der Waals surface area (Å²) in [4.78, 5) is 0. The van der Waals surface area contributed by atoms with Gasteiger partial charge in [0.2, 0.25) is 0 Å². The number of hydrogen-bond donors (Lipinski definition) is 0. The van der Waals surface area contributed by atoms with Crippen molar-refractivity contribution in [1.29, 1.82) is 0 Å². The second-order valence-corrected chi connectivity index (χ2v) is 8.15. The number of halogens is 6. The van der Waals surface area contributed by atoms with Crippen molar-refractivity contribution in [2.75, 3.05) is 0 Å². The Bertz CT molecular complexity index is 472. The van der Waals surface area contributed by atoms with Crippen molar-refractivity contribution in [3.05, 3.63) is 43.3 Å². The van der Waals surface area contributed by atoms with E-state index in [9.17, 15) is 21.7 Å². The fourth-order valence-corrected chi connectivity index (χ4v) is 4.17. The molecule has 0 radical (unpaired) electrons. The highest BCUT2D eigenvalue weighted by Crippen LogP contribution is 2.28. The number of hydrogen-bond acceptors (Lipinski definition) is 0. The van der Waals surface area contributed by atoms with E-state index < -0.39 is 7.25 Å². The summed E-state index contributed by atoms with van der Waals surface area (Å²) in [6, 6.07) is 8.49. The van der Waals surface area contributed by atoms with E-state index in [1.807, 2.05) is 4.08 Å². The van der Waals surface area contributed by atoms with Crippen LogP contribution in [0.3, 0.4) is 0 Å². The van der Waals surface area contributed by atoms with Crippen molar-refractivity contribution >= 4 is 7.25 Å². The van der Waals surface area contributed by atoms with E-state index in [0.717, 1.165) is 0 Å². The Morgan fingerprint density at radius 3 is 2.13 bits per heavy atom. The summed E-state index contributed by atoms with van der Waals surface area (Å²) in [6.45, 7) is 2.08. The lowest BCUT2D eigenvalue weighted by Crippen LogP contribution is -3.59. The van der Waals surface area contributed by atoms with E-state index in [-0.39, 0.29) is 27.0 Å². The first kappa shape index (κ1) is 20.4. The maximum Gasteiger partial charge on any atom is 0.673 e. The van der Waals surface area contributed by atoms with Crippen LogP contribution in [0.15, 0.2) is 34.2 Å². The van der Waals surface area contributed by atoms with Crippen LogP contribution in [-0.4, -0.2) is 7.25 Å². The average molecular weight is 446 g/mol. The Morgan fingerprint density at radius 2 is 1.61 bits per heavy atom. The molecule has 0 atom stereocenters. The normalized spacial score (nSPS) is 16.7. The molecule has 1 aromatic carbocycles. The zero-order valence-corrected chi connectivity index (χ0v) is 15.2. The van der Waals surface area contributed by atoms with Gasteiger partial charge in [-0.15, -0.1) is 0 Å². The summed E-state index contributed by atoms with van der Waals surface area (Å²) in [5.41, 5.74) is 1.27. The summed E-state index contributed by atoms with van der Waals surface area (Å²) >= 11 is -0.292. The van der Waals surface area contributed by atoms with Crippen LogP contribution in [-0.2, 0) is 0 Å². The predicted molar refractivity (Wildman–Crippen MR) is 80.4 cm³/mol. The number of benzene rings is 1. The molecule has 0 amide bonds. The van der Waals surface area contributed by atoms with Crippen molar-refractivity contribution in [3.8, 4) is 0 Å². The lowest BCUT2D eigenvalue weighted by atomic mass is 9.87. The van der Waals surface area contributed by atoms with Crippen molar-refractivity contribution in [2.24, 2.45) is 5.92 Å². The molecule has 130 valence electrons. The first-order valence-electron chi connectivity index (χ1n) is 7.66. The molecule has 1 fully saturated rings. The zero-order valence-electron chi connectivity index (χ0n) is 13.1. The summed E-state index contributed by atoms with van der Waals surface area (Å²) in [5.74, 6) is 0.743. The fourth-order valence-electron chi connectivity index (χ4n) is 2.44. The third-order valence-electron chi connectivity index (χ3n) is 3.52. The van der Waals surface area contributed by atoms with E-state index >= 15 is 0 Å². The van der Waals surface area contributed by atoms with Gasteiger partial charge in [-0.05, 0) is 25.0 Å². The maximum atomic E-state index is 13.8. The second kappa shape index (κ2) is 10.3. The highest BCUT2D eigenvalue weighted by molar-refractivity contribution is 6.50. The lowest BCUT2D eigenvalue weighted by molar-refractivity contribution is -0.558. The molecule has 2 rings (SSSR count). The minimum Gasteiger partial charge on any atom is -0.418 e. The van der Waals surface area contributed by atoms with Crippen LogP contribution in [0.2, 0.25) is 0 Å². The summed E-state index contributed by atoms with van der Waals surface area (Å²) < 4.78 is 56.0. The molecule has 23 heavy (non-hydrogen) atoms. The summed E-state index contributed by atoms with van der Waals surface area (Å²) in [5, 5.41) is 0. The van der Waals surface area contributed by atoms with Gasteiger partial charge in [0.15, 0.2) is 7.65 Å². The standard InChI is InChI=1S/C16H21FI.BF4/c1-13-7-9-16(10-8-13)18-12-15(17)11-14-5-3-2-4-6-14;2-1(3,4)5/h7-10,12,14H,2-6,11H2,1H3;/q+1;-1/b15-12+;. The topological polar surface area (TPSA) is 0 Å². The average Bonchev–Trinajstić information content (AvgIpc) is 2.46. The third kappa shape index (κ3) is 11.6. The summed E-state index contributed by atoms with van der Waals surface area (Å²) in [6.07, 6.45) is 7.08. The number of rotatable bonds is 4. The molecule has 0 heterocycles. The van der Waals surface area contributed by atoms with Gasteiger partial charge in [-0.25, -0.2) is 4.39 Å². The Kier molecular flexibility index (Phi) is 9.16. The molecule has 0 nitrogen and oxygen atoms in total. The number of aryl methyl sites for hydroxylation is 1.